The zero-order valence-corrected chi connectivity index (χ0v) is 42.4. The fraction of sp³-hybridized carbons (Fsp3) is 0.490. The molecule has 69 heavy (non-hydrogen) atoms. The first-order valence-electron chi connectivity index (χ1n) is 22.6. The summed E-state index contributed by atoms with van der Waals surface area (Å²) >= 11 is 0. The van der Waals surface area contributed by atoms with Crippen molar-refractivity contribution in [2.75, 3.05) is 46.1 Å². The zero-order chi connectivity index (χ0) is 52.0. The van der Waals surface area contributed by atoms with E-state index in [1.807, 2.05) is 13.8 Å². The Morgan fingerprint density at radius 1 is 0.507 bits per heavy atom. The summed E-state index contributed by atoms with van der Waals surface area (Å²) in [6.07, 6.45) is 2.41. The van der Waals surface area contributed by atoms with Crippen molar-refractivity contribution >= 4 is 47.8 Å². The molecule has 0 saturated carbocycles. The molecule has 18 heteroatoms. The maximum absolute atomic E-state index is 11.9. The molecule has 0 aliphatic heterocycles. The van der Waals surface area contributed by atoms with E-state index in [-0.39, 0.29) is 50.0 Å². The Morgan fingerprint density at radius 3 is 1.13 bits per heavy atom. The highest BCUT2D eigenvalue weighted by molar-refractivity contribution is 6.05. The van der Waals surface area contributed by atoms with Gasteiger partial charge in [0.25, 0.3) is 0 Å². The van der Waals surface area contributed by atoms with Crippen LogP contribution >= 0.6 is 0 Å². The fourth-order valence-electron chi connectivity index (χ4n) is 6.03. The topological polar surface area (TPSA) is 254 Å². The van der Waals surface area contributed by atoms with E-state index >= 15 is 0 Å². The summed E-state index contributed by atoms with van der Waals surface area (Å²) < 4.78 is 21.0. The number of hydrogen-bond donors (Lipinski definition) is 4. The van der Waals surface area contributed by atoms with Gasteiger partial charge in [0.15, 0.2) is 0 Å². The number of esters is 4. The summed E-state index contributed by atoms with van der Waals surface area (Å²) in [6, 6.07) is 15.5. The molecule has 1 unspecified atom stereocenters. The Kier molecular flexibility index (Phi) is 26.8. The van der Waals surface area contributed by atoms with Crippen molar-refractivity contribution in [3.63, 3.8) is 0 Å². The molecule has 4 N–H and O–H groups in total. The molecule has 3 aromatic rings. The number of halogens is 1. The third-order valence-corrected chi connectivity index (χ3v) is 12.1. The standard InChI is InChI=1S/C17H30N.2C17H20O8.ClH/c1-6-15(5)17-12-10-16(11-13-17)14-18(7-2,8-3)9-4;2*1-4-17(2,3)16(23)25-8-7-24-15(22)10-5-6-11(13(18)19)12(9-10)14(20)21;/h10-13,15H,6-9,14H2,1-5H3;2*5-6,9H,4,7-8H2,1-3H3,(H,18,19)(H,20,21);1H/q+1;;;/p-1. The van der Waals surface area contributed by atoms with Gasteiger partial charge in [-0.2, -0.15) is 0 Å². The lowest BCUT2D eigenvalue weighted by molar-refractivity contribution is -0.936. The number of quaternary nitrogens is 1. The van der Waals surface area contributed by atoms with Gasteiger partial charge in [0.1, 0.15) is 33.0 Å². The van der Waals surface area contributed by atoms with Crippen LogP contribution in [0, 0.1) is 10.8 Å². The molecule has 0 spiro atoms. The molecule has 1 atom stereocenters. The van der Waals surface area contributed by atoms with Crippen molar-refractivity contribution in [2.24, 2.45) is 10.8 Å². The second-order valence-electron chi connectivity index (χ2n) is 17.3. The van der Waals surface area contributed by atoms with Crippen LogP contribution in [0.25, 0.3) is 0 Å². The van der Waals surface area contributed by atoms with Crippen LogP contribution in [-0.2, 0) is 35.1 Å². The molecular formula is C51H70ClNO16. The van der Waals surface area contributed by atoms with E-state index in [0.717, 1.165) is 36.4 Å². The minimum atomic E-state index is -1.47. The average Bonchev–Trinajstić information content (AvgIpc) is 3.32. The molecule has 0 aliphatic carbocycles. The zero-order valence-electron chi connectivity index (χ0n) is 41.6. The lowest BCUT2D eigenvalue weighted by Gasteiger charge is -2.36. The monoisotopic (exact) mass is 987 g/mol. The number of carbonyl (C=O) groups is 8. The molecule has 0 amide bonds. The highest BCUT2D eigenvalue weighted by atomic mass is 35.5. The Balaban J connectivity index is 0.00000101. The van der Waals surface area contributed by atoms with Crippen LogP contribution in [0.4, 0.5) is 0 Å². The van der Waals surface area contributed by atoms with Crippen LogP contribution in [0.3, 0.4) is 0 Å². The van der Waals surface area contributed by atoms with Crippen molar-refractivity contribution < 1.29 is 94.6 Å². The molecule has 0 heterocycles. The van der Waals surface area contributed by atoms with Crippen molar-refractivity contribution in [3.05, 3.63) is 105 Å². The summed E-state index contributed by atoms with van der Waals surface area (Å²) in [5.74, 6) is -7.59. The van der Waals surface area contributed by atoms with Gasteiger partial charge in [-0.15, -0.1) is 0 Å². The molecule has 0 fully saturated rings. The van der Waals surface area contributed by atoms with Gasteiger partial charge in [0.05, 0.1) is 63.8 Å². The lowest BCUT2D eigenvalue weighted by Crippen LogP contribution is -3.00. The van der Waals surface area contributed by atoms with Crippen molar-refractivity contribution in [2.45, 2.75) is 108 Å². The van der Waals surface area contributed by atoms with Gasteiger partial charge in [0, 0.05) is 5.56 Å². The average molecular weight is 989 g/mol. The number of aromatic carboxylic acids is 4. The first kappa shape index (κ1) is 62.7. The molecular weight excluding hydrogens is 918 g/mol. The van der Waals surface area contributed by atoms with Gasteiger partial charge in [-0.1, -0.05) is 52.0 Å². The summed E-state index contributed by atoms with van der Waals surface area (Å²) in [5.41, 5.74) is -0.419. The summed E-state index contributed by atoms with van der Waals surface area (Å²) in [4.78, 5) is 91.4. The highest BCUT2D eigenvalue weighted by Crippen LogP contribution is 2.24. The van der Waals surface area contributed by atoms with Crippen LogP contribution in [0.2, 0.25) is 0 Å². The maximum Gasteiger partial charge on any atom is 0.338 e. The van der Waals surface area contributed by atoms with E-state index in [4.69, 9.17) is 39.4 Å². The van der Waals surface area contributed by atoms with Gasteiger partial charge < -0.3 is 56.3 Å². The summed E-state index contributed by atoms with van der Waals surface area (Å²) in [6.45, 7) is 26.3. The van der Waals surface area contributed by atoms with E-state index in [1.165, 1.54) is 48.2 Å². The summed E-state index contributed by atoms with van der Waals surface area (Å²) in [5, 5.41) is 35.9. The first-order valence-corrected chi connectivity index (χ1v) is 22.6. The van der Waals surface area contributed by atoms with E-state index in [2.05, 4.69) is 58.9 Å². The second-order valence-corrected chi connectivity index (χ2v) is 17.3. The Bertz CT molecular complexity index is 2090. The van der Waals surface area contributed by atoms with Crippen LogP contribution in [0.1, 0.15) is 175 Å². The molecule has 0 bridgehead atoms. The van der Waals surface area contributed by atoms with Gasteiger partial charge >= 0.3 is 47.8 Å². The summed E-state index contributed by atoms with van der Waals surface area (Å²) in [7, 11) is 0. The number of carboxylic acids is 4. The molecule has 0 radical (unpaired) electrons. The fourth-order valence-corrected chi connectivity index (χ4v) is 6.03. The second kappa shape index (κ2) is 29.5. The van der Waals surface area contributed by atoms with E-state index < -0.39 is 80.8 Å². The minimum absolute atomic E-state index is 0. The SMILES string of the molecule is CCC(C)(C)C(=O)OCCOC(=O)c1ccc(C(=O)O)c(C(=O)O)c1.CCC(C)(C)C(=O)OCCOC(=O)c1ccc(C(=O)O)c(C(=O)O)c1.CCC(C)c1ccc(C[N+](CC)(CC)CC)cc1.[Cl-]. The number of ether oxygens (including phenoxy) is 4. The van der Waals surface area contributed by atoms with Gasteiger partial charge in [-0.05, 0) is 116 Å². The molecule has 382 valence electrons. The Hall–Kier alpha value is -6.33. The molecule has 17 nitrogen and oxygen atoms in total. The van der Waals surface area contributed by atoms with Crippen LogP contribution in [0.5, 0.6) is 0 Å². The molecule has 3 rings (SSSR count). The third kappa shape index (κ3) is 19.7. The van der Waals surface area contributed by atoms with Gasteiger partial charge in [-0.3, -0.25) is 9.59 Å². The van der Waals surface area contributed by atoms with Crippen molar-refractivity contribution in [3.8, 4) is 0 Å². The quantitative estimate of drug-likeness (QED) is 0.0367. The van der Waals surface area contributed by atoms with E-state index in [1.54, 1.807) is 27.7 Å². The Labute approximate surface area is 411 Å². The highest BCUT2D eigenvalue weighted by Gasteiger charge is 2.28. The normalized spacial score (nSPS) is 11.4. The number of benzene rings is 3. The van der Waals surface area contributed by atoms with E-state index in [9.17, 15) is 38.4 Å². The molecule has 0 aliphatic rings. The first-order chi connectivity index (χ1) is 31.8. The Morgan fingerprint density at radius 2 is 0.841 bits per heavy atom. The van der Waals surface area contributed by atoms with Gasteiger partial charge in [-0.25, -0.2) is 28.8 Å². The number of carbonyl (C=O) groups excluding carboxylic acids is 4. The number of hydrogen-bond acceptors (Lipinski definition) is 12. The van der Waals surface area contributed by atoms with Crippen LogP contribution in [0.15, 0.2) is 60.7 Å². The number of carboxylic acid groups (broad SMARTS) is 4. The molecule has 0 saturated heterocycles. The van der Waals surface area contributed by atoms with E-state index in [0.29, 0.717) is 18.8 Å². The molecule has 3 aromatic carbocycles. The van der Waals surface area contributed by atoms with Crippen LogP contribution in [-0.4, -0.2) is 119 Å². The van der Waals surface area contributed by atoms with Crippen LogP contribution < -0.4 is 12.4 Å². The van der Waals surface area contributed by atoms with Crippen molar-refractivity contribution in [1.29, 1.82) is 0 Å². The predicted molar refractivity (Wildman–Crippen MR) is 252 cm³/mol. The third-order valence-electron chi connectivity index (χ3n) is 12.1. The maximum atomic E-state index is 11.9. The largest absolute Gasteiger partial charge is 1.00 e. The number of rotatable bonds is 23. The lowest BCUT2D eigenvalue weighted by atomic mass is 9.91. The number of nitrogens with zero attached hydrogens (tertiary/aromatic N) is 1. The van der Waals surface area contributed by atoms with Gasteiger partial charge in [0.2, 0.25) is 0 Å². The minimum Gasteiger partial charge on any atom is -1.00 e. The van der Waals surface area contributed by atoms with Crippen molar-refractivity contribution in [1.82, 2.24) is 0 Å². The molecule has 0 aromatic heterocycles. The predicted octanol–water partition coefficient (Wildman–Crippen LogP) is 6.02. The smallest absolute Gasteiger partial charge is 0.338 e.